The molecule has 0 saturated carbocycles. The average Bonchev–Trinajstić information content (AvgIpc) is 2.96. The summed E-state index contributed by atoms with van der Waals surface area (Å²) in [6.07, 6.45) is 3.99. The van der Waals surface area contributed by atoms with Crippen molar-refractivity contribution in [1.82, 2.24) is 15.1 Å². The van der Waals surface area contributed by atoms with Gasteiger partial charge in [0.2, 0.25) is 0 Å². The monoisotopic (exact) mass is 247 g/mol. The van der Waals surface area contributed by atoms with Gasteiger partial charge in [-0.25, -0.2) is 0 Å². The normalized spacial score (nSPS) is 11.1. The number of nitrogens with one attached hydrogen (secondary N) is 1. The molecular formula is C14H21N3O. The molecule has 0 bridgehead atoms. The highest BCUT2D eigenvalue weighted by atomic mass is 16.3. The first kappa shape index (κ1) is 12.9. The van der Waals surface area contributed by atoms with E-state index in [1.54, 1.807) is 0 Å². The van der Waals surface area contributed by atoms with Gasteiger partial charge in [-0.2, -0.15) is 5.10 Å². The van der Waals surface area contributed by atoms with Crippen molar-refractivity contribution in [1.29, 1.82) is 0 Å². The molecule has 0 aliphatic heterocycles. The third kappa shape index (κ3) is 3.01. The van der Waals surface area contributed by atoms with E-state index >= 15 is 0 Å². The van der Waals surface area contributed by atoms with Crippen LogP contribution in [0.4, 0.5) is 0 Å². The predicted molar refractivity (Wildman–Crippen MR) is 71.2 cm³/mol. The van der Waals surface area contributed by atoms with Gasteiger partial charge in [0.15, 0.2) is 0 Å². The maximum atomic E-state index is 5.65. The number of hydrogen-bond donors (Lipinski definition) is 1. The minimum atomic E-state index is 0.762. The van der Waals surface area contributed by atoms with Crippen molar-refractivity contribution in [2.24, 2.45) is 7.05 Å². The van der Waals surface area contributed by atoms with Gasteiger partial charge in [0, 0.05) is 31.8 Å². The number of hydrogen-bond acceptors (Lipinski definition) is 3. The molecular weight excluding hydrogens is 226 g/mol. The molecule has 4 heteroatoms. The molecule has 0 amide bonds. The molecule has 0 aliphatic carbocycles. The van der Waals surface area contributed by atoms with E-state index in [1.165, 1.54) is 11.3 Å². The van der Waals surface area contributed by atoms with Gasteiger partial charge in [-0.05, 0) is 18.6 Å². The Bertz CT molecular complexity index is 499. The summed E-state index contributed by atoms with van der Waals surface area (Å²) in [5.41, 5.74) is 2.43. The van der Waals surface area contributed by atoms with E-state index < -0.39 is 0 Å². The largest absolute Gasteiger partial charge is 0.465 e. The highest BCUT2D eigenvalue weighted by Crippen LogP contribution is 2.10. The number of aryl methyl sites for hydroxylation is 3. The van der Waals surface area contributed by atoms with Crippen molar-refractivity contribution in [3.05, 3.63) is 41.1 Å². The van der Waals surface area contributed by atoms with E-state index in [0.717, 1.165) is 37.5 Å². The molecule has 0 aromatic carbocycles. The van der Waals surface area contributed by atoms with Crippen molar-refractivity contribution in [2.45, 2.75) is 39.8 Å². The Kier molecular flexibility index (Phi) is 4.20. The van der Waals surface area contributed by atoms with E-state index in [0.29, 0.717) is 0 Å². The first-order valence-corrected chi connectivity index (χ1v) is 6.52. The van der Waals surface area contributed by atoms with Gasteiger partial charge < -0.3 is 9.73 Å². The molecule has 0 aliphatic rings. The Morgan fingerprint density at radius 1 is 1.17 bits per heavy atom. The molecule has 0 radical (unpaired) electrons. The molecule has 0 fully saturated rings. The summed E-state index contributed by atoms with van der Waals surface area (Å²) in [6, 6.07) is 4.08. The molecule has 2 rings (SSSR count). The van der Waals surface area contributed by atoms with E-state index in [4.69, 9.17) is 4.42 Å². The SMILES string of the molecule is CCc1ccc(CNCc2cn(C)nc2CC)o1. The summed E-state index contributed by atoms with van der Waals surface area (Å²) < 4.78 is 7.52. The van der Waals surface area contributed by atoms with Crippen LogP contribution in [0.25, 0.3) is 0 Å². The van der Waals surface area contributed by atoms with Crippen LogP contribution in [0.2, 0.25) is 0 Å². The van der Waals surface area contributed by atoms with E-state index in [-0.39, 0.29) is 0 Å². The molecule has 1 N–H and O–H groups in total. The summed E-state index contributed by atoms with van der Waals surface area (Å²) in [5.74, 6) is 2.04. The second kappa shape index (κ2) is 5.87. The average molecular weight is 247 g/mol. The number of nitrogens with zero attached hydrogens (tertiary/aromatic N) is 2. The molecule has 98 valence electrons. The first-order valence-electron chi connectivity index (χ1n) is 6.52. The van der Waals surface area contributed by atoms with Crippen LogP contribution < -0.4 is 5.32 Å². The lowest BCUT2D eigenvalue weighted by atomic mass is 10.2. The van der Waals surface area contributed by atoms with E-state index in [1.807, 2.05) is 23.9 Å². The van der Waals surface area contributed by atoms with Crippen LogP contribution in [-0.2, 0) is 33.0 Å². The number of rotatable bonds is 6. The molecule has 18 heavy (non-hydrogen) atoms. The quantitative estimate of drug-likeness (QED) is 0.852. The molecule has 0 spiro atoms. The van der Waals surface area contributed by atoms with Crippen molar-refractivity contribution in [3.63, 3.8) is 0 Å². The molecule has 2 heterocycles. The van der Waals surface area contributed by atoms with Crippen LogP contribution in [0.3, 0.4) is 0 Å². The van der Waals surface area contributed by atoms with Crippen LogP contribution >= 0.6 is 0 Å². The minimum Gasteiger partial charge on any atom is -0.465 e. The predicted octanol–water partition coefficient (Wildman–Crippen LogP) is 2.43. The molecule has 0 atom stereocenters. The summed E-state index contributed by atoms with van der Waals surface area (Å²) in [4.78, 5) is 0. The van der Waals surface area contributed by atoms with Crippen molar-refractivity contribution >= 4 is 0 Å². The fourth-order valence-electron chi connectivity index (χ4n) is 2.06. The van der Waals surface area contributed by atoms with Crippen LogP contribution in [0.1, 0.15) is 36.6 Å². The molecule has 2 aromatic rings. The van der Waals surface area contributed by atoms with Crippen LogP contribution in [0.15, 0.2) is 22.7 Å². The van der Waals surface area contributed by atoms with Gasteiger partial charge in [0.1, 0.15) is 11.5 Å². The highest BCUT2D eigenvalue weighted by molar-refractivity contribution is 5.17. The second-order valence-electron chi connectivity index (χ2n) is 4.45. The topological polar surface area (TPSA) is 43.0 Å². The van der Waals surface area contributed by atoms with Gasteiger partial charge in [0.25, 0.3) is 0 Å². The summed E-state index contributed by atoms with van der Waals surface area (Å²) >= 11 is 0. The Balaban J connectivity index is 1.87. The summed E-state index contributed by atoms with van der Waals surface area (Å²) in [6.45, 7) is 5.82. The zero-order valence-electron chi connectivity index (χ0n) is 11.4. The summed E-state index contributed by atoms with van der Waals surface area (Å²) in [5, 5.41) is 7.82. The molecule has 0 saturated heterocycles. The molecule has 4 nitrogen and oxygen atoms in total. The number of furan rings is 1. The minimum absolute atomic E-state index is 0.762. The lowest BCUT2D eigenvalue weighted by molar-refractivity contribution is 0.450. The zero-order valence-corrected chi connectivity index (χ0v) is 11.4. The van der Waals surface area contributed by atoms with Crippen LogP contribution in [0, 0.1) is 0 Å². The zero-order chi connectivity index (χ0) is 13.0. The van der Waals surface area contributed by atoms with E-state index in [9.17, 15) is 0 Å². The van der Waals surface area contributed by atoms with Gasteiger partial charge >= 0.3 is 0 Å². The highest BCUT2D eigenvalue weighted by Gasteiger charge is 2.06. The third-order valence-electron chi connectivity index (χ3n) is 3.01. The summed E-state index contributed by atoms with van der Waals surface area (Å²) in [7, 11) is 1.96. The Morgan fingerprint density at radius 2 is 1.94 bits per heavy atom. The molecule has 0 unspecified atom stereocenters. The van der Waals surface area contributed by atoms with Gasteiger partial charge in [0.05, 0.1) is 12.2 Å². The Labute approximate surface area is 108 Å². The lowest BCUT2D eigenvalue weighted by Gasteiger charge is -2.02. The van der Waals surface area contributed by atoms with Crippen LogP contribution in [0.5, 0.6) is 0 Å². The van der Waals surface area contributed by atoms with Gasteiger partial charge in [-0.15, -0.1) is 0 Å². The third-order valence-corrected chi connectivity index (χ3v) is 3.01. The number of aromatic nitrogens is 2. The first-order chi connectivity index (χ1) is 8.72. The standard InChI is InChI=1S/C14H21N3O/c1-4-12-6-7-13(18-12)9-15-8-11-10-17(3)16-14(11)5-2/h6-7,10,15H,4-5,8-9H2,1-3H3. The van der Waals surface area contributed by atoms with E-state index in [2.05, 4.69) is 30.5 Å². The van der Waals surface area contributed by atoms with Crippen molar-refractivity contribution in [3.8, 4) is 0 Å². The lowest BCUT2D eigenvalue weighted by Crippen LogP contribution is -2.12. The smallest absolute Gasteiger partial charge is 0.117 e. The maximum absolute atomic E-state index is 5.65. The maximum Gasteiger partial charge on any atom is 0.117 e. The fraction of sp³-hybridized carbons (Fsp3) is 0.500. The van der Waals surface area contributed by atoms with Gasteiger partial charge in [-0.1, -0.05) is 13.8 Å². The van der Waals surface area contributed by atoms with Gasteiger partial charge in [-0.3, -0.25) is 4.68 Å². The van der Waals surface area contributed by atoms with Crippen molar-refractivity contribution < 1.29 is 4.42 Å². The Hall–Kier alpha value is -1.55. The second-order valence-corrected chi connectivity index (χ2v) is 4.45. The Morgan fingerprint density at radius 3 is 2.61 bits per heavy atom. The molecule has 2 aromatic heterocycles. The van der Waals surface area contributed by atoms with Crippen molar-refractivity contribution in [2.75, 3.05) is 0 Å². The van der Waals surface area contributed by atoms with Crippen LogP contribution in [-0.4, -0.2) is 9.78 Å². The fourth-order valence-corrected chi connectivity index (χ4v) is 2.06.